The molecule has 11 aromatic rings. The molecule has 0 aliphatic heterocycles. The van der Waals surface area contributed by atoms with E-state index in [1.807, 2.05) is 22.7 Å². The van der Waals surface area contributed by atoms with Crippen LogP contribution in [-0.2, 0) is 0 Å². The van der Waals surface area contributed by atoms with Gasteiger partial charge < -0.3 is 0 Å². The minimum absolute atomic E-state index is 1.23. The van der Waals surface area contributed by atoms with E-state index in [4.69, 9.17) is 0 Å². The minimum atomic E-state index is 1.23. The molecule has 0 atom stereocenters. The molecule has 0 fully saturated rings. The fraction of sp³-hybridized carbons (Fsp3) is 0. The summed E-state index contributed by atoms with van der Waals surface area (Å²) in [5.41, 5.74) is 7.63. The lowest BCUT2D eigenvalue weighted by molar-refractivity contribution is 1.63. The van der Waals surface area contributed by atoms with Crippen LogP contribution in [0.2, 0.25) is 0 Å². The van der Waals surface area contributed by atoms with Gasteiger partial charge in [-0.1, -0.05) is 140 Å². The van der Waals surface area contributed by atoms with E-state index in [2.05, 4.69) is 170 Å². The predicted octanol–water partition coefficient (Wildman–Crippen LogP) is 14.9. The fourth-order valence-corrected chi connectivity index (χ4v) is 10.8. The highest BCUT2D eigenvalue weighted by molar-refractivity contribution is 7.30. The standard InChI is InChI=1S/C48H28S2/c1-2-13-30-26-32(25-24-29(30)12-1)31-14-11-15-33(27-31)44-34-16-3-5-18-36(34)45(37-19-6-4-17-35(37)44)40-28-43-47(39-21-8-9-22-41(39)49-43)48-46(40)38-20-7-10-23-42(38)50-48/h1-28H. The van der Waals surface area contributed by atoms with E-state index in [0.717, 1.165) is 0 Å². The highest BCUT2D eigenvalue weighted by Crippen LogP contribution is 2.52. The van der Waals surface area contributed by atoms with Crippen LogP contribution in [0.3, 0.4) is 0 Å². The van der Waals surface area contributed by atoms with Crippen LogP contribution in [0, 0.1) is 0 Å². The lowest BCUT2D eigenvalue weighted by atomic mass is 9.84. The predicted molar refractivity (Wildman–Crippen MR) is 221 cm³/mol. The molecule has 0 nitrogen and oxygen atoms in total. The lowest BCUT2D eigenvalue weighted by Gasteiger charge is -2.19. The summed E-state index contributed by atoms with van der Waals surface area (Å²) >= 11 is 3.85. The third-order valence-corrected chi connectivity index (χ3v) is 12.7. The lowest BCUT2D eigenvalue weighted by Crippen LogP contribution is -1.92. The summed E-state index contributed by atoms with van der Waals surface area (Å²) in [5, 5.41) is 13.1. The smallest absolute Gasteiger partial charge is 0.0454 e. The highest BCUT2D eigenvalue weighted by atomic mass is 32.1. The molecule has 50 heavy (non-hydrogen) atoms. The Balaban J connectivity index is 1.24. The number of benzene rings is 9. The van der Waals surface area contributed by atoms with Crippen molar-refractivity contribution >= 4 is 95.3 Å². The normalized spacial score (nSPS) is 12.0. The molecule has 2 heteroatoms. The first-order chi connectivity index (χ1) is 24.8. The molecular weight excluding hydrogens is 641 g/mol. The summed E-state index contributed by atoms with van der Waals surface area (Å²) in [4.78, 5) is 0. The number of thiophene rings is 2. The van der Waals surface area contributed by atoms with Gasteiger partial charge in [-0.25, -0.2) is 0 Å². The van der Waals surface area contributed by atoms with Crippen molar-refractivity contribution in [2.75, 3.05) is 0 Å². The van der Waals surface area contributed by atoms with Crippen LogP contribution in [0.5, 0.6) is 0 Å². The molecular formula is C48H28S2. The van der Waals surface area contributed by atoms with Crippen molar-refractivity contribution in [2.24, 2.45) is 0 Å². The van der Waals surface area contributed by atoms with E-state index in [1.54, 1.807) is 0 Å². The van der Waals surface area contributed by atoms with E-state index in [0.29, 0.717) is 0 Å². The molecule has 2 aromatic heterocycles. The number of rotatable bonds is 3. The maximum atomic E-state index is 2.50. The van der Waals surface area contributed by atoms with E-state index in [1.165, 1.54) is 106 Å². The monoisotopic (exact) mass is 668 g/mol. The van der Waals surface area contributed by atoms with Crippen molar-refractivity contribution in [2.45, 2.75) is 0 Å². The van der Waals surface area contributed by atoms with Crippen LogP contribution in [0.15, 0.2) is 170 Å². The van der Waals surface area contributed by atoms with Crippen molar-refractivity contribution in [3.63, 3.8) is 0 Å². The van der Waals surface area contributed by atoms with Crippen LogP contribution in [0.4, 0.5) is 0 Å². The Morgan fingerprint density at radius 3 is 1.56 bits per heavy atom. The maximum absolute atomic E-state index is 2.50. The van der Waals surface area contributed by atoms with Crippen LogP contribution in [0.1, 0.15) is 0 Å². The Bertz CT molecular complexity index is 3100. The molecule has 2 heterocycles. The molecule has 0 aliphatic rings. The Morgan fingerprint density at radius 2 is 0.840 bits per heavy atom. The molecule has 0 radical (unpaired) electrons. The fourth-order valence-electron chi connectivity index (χ4n) is 8.24. The third-order valence-electron chi connectivity index (χ3n) is 10.4. The molecule has 0 unspecified atom stereocenters. The van der Waals surface area contributed by atoms with Crippen molar-refractivity contribution in [1.82, 2.24) is 0 Å². The average Bonchev–Trinajstić information content (AvgIpc) is 3.75. The molecule has 0 N–H and O–H groups in total. The van der Waals surface area contributed by atoms with Gasteiger partial charge in [-0.05, 0) is 96.0 Å². The van der Waals surface area contributed by atoms with Gasteiger partial charge in [-0.15, -0.1) is 22.7 Å². The molecule has 0 amide bonds. The van der Waals surface area contributed by atoms with Crippen LogP contribution >= 0.6 is 22.7 Å². The second-order valence-electron chi connectivity index (χ2n) is 13.2. The SMILES string of the molecule is c1cc(-c2ccc3ccccc3c2)cc(-c2c3ccccc3c(-c3cc4sc5ccccc5c4c4sc5ccccc5c34)c3ccccc23)c1. The van der Waals surface area contributed by atoms with Gasteiger partial charge in [-0.2, -0.15) is 0 Å². The second-order valence-corrected chi connectivity index (χ2v) is 15.3. The summed E-state index contributed by atoms with van der Waals surface area (Å²) in [6.45, 7) is 0. The van der Waals surface area contributed by atoms with Crippen LogP contribution in [-0.4, -0.2) is 0 Å². The van der Waals surface area contributed by atoms with Crippen molar-refractivity contribution in [3.05, 3.63) is 170 Å². The Labute approximate surface area is 297 Å². The molecule has 0 saturated heterocycles. The molecule has 11 rings (SSSR count). The van der Waals surface area contributed by atoms with E-state index >= 15 is 0 Å². The van der Waals surface area contributed by atoms with E-state index in [-0.39, 0.29) is 0 Å². The van der Waals surface area contributed by atoms with Crippen molar-refractivity contribution in [3.8, 4) is 33.4 Å². The summed E-state index contributed by atoms with van der Waals surface area (Å²) in [6, 6.07) is 63.0. The first-order valence-corrected chi connectivity index (χ1v) is 18.7. The Kier molecular flexibility index (Phi) is 6.09. The molecule has 0 saturated carbocycles. The van der Waals surface area contributed by atoms with Gasteiger partial charge in [0, 0.05) is 40.3 Å². The quantitative estimate of drug-likeness (QED) is 0.164. The first-order valence-electron chi connectivity index (χ1n) is 17.1. The van der Waals surface area contributed by atoms with Gasteiger partial charge in [0.15, 0.2) is 0 Å². The Hall–Kier alpha value is -5.80. The molecule has 0 aliphatic carbocycles. The van der Waals surface area contributed by atoms with Crippen LogP contribution < -0.4 is 0 Å². The molecule has 9 aromatic carbocycles. The summed E-state index contributed by atoms with van der Waals surface area (Å²) in [7, 11) is 0. The van der Waals surface area contributed by atoms with Gasteiger partial charge in [-0.3, -0.25) is 0 Å². The molecule has 0 bridgehead atoms. The van der Waals surface area contributed by atoms with Crippen LogP contribution in [0.25, 0.3) is 106 Å². The summed E-state index contributed by atoms with van der Waals surface area (Å²) in [6.07, 6.45) is 0. The second kappa shape index (κ2) is 10.9. The summed E-state index contributed by atoms with van der Waals surface area (Å²) < 4.78 is 5.41. The topological polar surface area (TPSA) is 0 Å². The zero-order valence-corrected chi connectivity index (χ0v) is 28.6. The van der Waals surface area contributed by atoms with E-state index < -0.39 is 0 Å². The van der Waals surface area contributed by atoms with Gasteiger partial charge in [0.05, 0.1) is 0 Å². The number of fused-ring (bicyclic) bond motifs is 10. The van der Waals surface area contributed by atoms with Gasteiger partial charge in [0.1, 0.15) is 0 Å². The number of hydrogen-bond donors (Lipinski definition) is 0. The molecule has 0 spiro atoms. The average molecular weight is 669 g/mol. The number of hydrogen-bond acceptors (Lipinski definition) is 2. The van der Waals surface area contributed by atoms with Gasteiger partial charge >= 0.3 is 0 Å². The van der Waals surface area contributed by atoms with Gasteiger partial charge in [0.25, 0.3) is 0 Å². The zero-order chi connectivity index (χ0) is 32.8. The zero-order valence-electron chi connectivity index (χ0n) is 27.0. The molecule has 232 valence electrons. The van der Waals surface area contributed by atoms with Gasteiger partial charge in [0.2, 0.25) is 0 Å². The van der Waals surface area contributed by atoms with E-state index in [9.17, 15) is 0 Å². The maximum Gasteiger partial charge on any atom is 0.0454 e. The summed E-state index contributed by atoms with van der Waals surface area (Å²) in [5.74, 6) is 0. The Morgan fingerprint density at radius 1 is 0.300 bits per heavy atom. The van der Waals surface area contributed by atoms with Crippen molar-refractivity contribution < 1.29 is 0 Å². The third kappa shape index (κ3) is 4.10. The largest absolute Gasteiger partial charge is 0.135 e. The minimum Gasteiger partial charge on any atom is -0.135 e. The first kappa shape index (κ1) is 28.1. The van der Waals surface area contributed by atoms with Crippen molar-refractivity contribution in [1.29, 1.82) is 0 Å². The highest BCUT2D eigenvalue weighted by Gasteiger charge is 2.22.